The van der Waals surface area contributed by atoms with Crippen molar-refractivity contribution >= 4 is 12.2 Å². The maximum absolute atomic E-state index is 11.7. The van der Waals surface area contributed by atoms with Crippen molar-refractivity contribution < 1.29 is 0 Å². The van der Waals surface area contributed by atoms with Crippen LogP contribution in [0.15, 0.2) is 34.3 Å². The summed E-state index contributed by atoms with van der Waals surface area (Å²) in [5, 5.41) is 0. The summed E-state index contributed by atoms with van der Waals surface area (Å²) in [5.74, 6) is 0.634. The molecule has 5 heteroatoms. The smallest absolute Gasteiger partial charge is 0.313 e. The predicted molar refractivity (Wildman–Crippen MR) is 63.9 cm³/mol. The molecule has 0 atom stereocenters. The first-order valence-corrected chi connectivity index (χ1v) is 5.22. The molecule has 0 N–H and O–H groups in total. The average Bonchev–Trinajstić information content (AvgIpc) is 2.29. The minimum atomic E-state index is -0.226. The number of hydrogen-bond donors (Lipinski definition) is 0. The van der Waals surface area contributed by atoms with E-state index in [1.165, 1.54) is 0 Å². The molecule has 1 aromatic rings. The third-order valence-electron chi connectivity index (χ3n) is 2.37. The Hall–Kier alpha value is -1.91. The molecule has 0 spiro atoms. The van der Waals surface area contributed by atoms with E-state index in [1.54, 1.807) is 23.3 Å². The van der Waals surface area contributed by atoms with Gasteiger partial charge < -0.3 is 4.90 Å². The molecule has 0 fully saturated rings. The molecule has 5 nitrogen and oxygen atoms in total. The van der Waals surface area contributed by atoms with E-state index in [9.17, 15) is 4.79 Å². The summed E-state index contributed by atoms with van der Waals surface area (Å²) in [6, 6.07) is 1.95. The summed E-state index contributed by atoms with van der Waals surface area (Å²) in [4.78, 5) is 21.5. The fourth-order valence-electron chi connectivity index (χ4n) is 1.50. The van der Waals surface area contributed by atoms with Gasteiger partial charge in [-0.15, -0.1) is 0 Å². The molecule has 16 heavy (non-hydrogen) atoms. The van der Waals surface area contributed by atoms with Gasteiger partial charge in [-0.2, -0.15) is 4.98 Å². The fourth-order valence-corrected chi connectivity index (χ4v) is 1.50. The van der Waals surface area contributed by atoms with Crippen LogP contribution >= 0.6 is 0 Å². The van der Waals surface area contributed by atoms with Gasteiger partial charge in [0.1, 0.15) is 5.82 Å². The van der Waals surface area contributed by atoms with Crippen LogP contribution in [0.2, 0.25) is 0 Å². The van der Waals surface area contributed by atoms with E-state index in [0.717, 1.165) is 0 Å². The van der Waals surface area contributed by atoms with Gasteiger partial charge in [-0.25, -0.2) is 9.79 Å². The van der Waals surface area contributed by atoms with Gasteiger partial charge in [0.05, 0.1) is 6.34 Å². The monoisotopic (exact) mass is 218 g/mol. The second kappa shape index (κ2) is 4.30. The van der Waals surface area contributed by atoms with Crippen molar-refractivity contribution in [2.24, 2.45) is 4.99 Å². The van der Waals surface area contributed by atoms with E-state index in [2.05, 4.69) is 9.98 Å². The molecule has 0 aliphatic carbocycles. The zero-order chi connectivity index (χ0) is 11.5. The van der Waals surface area contributed by atoms with E-state index < -0.39 is 0 Å². The highest BCUT2D eigenvalue weighted by Gasteiger charge is 2.08. The van der Waals surface area contributed by atoms with Crippen molar-refractivity contribution in [3.8, 4) is 0 Å². The Morgan fingerprint density at radius 3 is 2.81 bits per heavy atom. The second-order valence-corrected chi connectivity index (χ2v) is 3.87. The van der Waals surface area contributed by atoms with Crippen molar-refractivity contribution in [1.29, 1.82) is 0 Å². The Kier molecular flexibility index (Phi) is 2.85. The number of anilines is 1. The maximum atomic E-state index is 11.7. The summed E-state index contributed by atoms with van der Waals surface area (Å²) in [5.41, 5.74) is -0.226. The van der Waals surface area contributed by atoms with Crippen LogP contribution in [0.1, 0.15) is 19.9 Å². The van der Waals surface area contributed by atoms with Crippen molar-refractivity contribution in [3.05, 3.63) is 35.0 Å². The zero-order valence-corrected chi connectivity index (χ0v) is 9.37. The maximum Gasteiger partial charge on any atom is 0.349 e. The topological polar surface area (TPSA) is 50.5 Å². The van der Waals surface area contributed by atoms with E-state index in [1.807, 2.05) is 30.9 Å². The van der Waals surface area contributed by atoms with Crippen molar-refractivity contribution in [1.82, 2.24) is 9.55 Å². The molecule has 1 aromatic heterocycles. The molecule has 84 valence electrons. The van der Waals surface area contributed by atoms with Crippen LogP contribution in [-0.2, 0) is 0 Å². The van der Waals surface area contributed by atoms with Crippen LogP contribution in [-0.4, -0.2) is 22.4 Å². The highest BCUT2D eigenvalue weighted by atomic mass is 16.1. The predicted octanol–water partition coefficient (Wildman–Crippen LogP) is 1.19. The number of aliphatic imine (C=N–C) groups is 1. The molecule has 0 amide bonds. The van der Waals surface area contributed by atoms with Crippen LogP contribution in [0.5, 0.6) is 0 Å². The average molecular weight is 218 g/mol. The summed E-state index contributed by atoms with van der Waals surface area (Å²) < 4.78 is 1.60. The van der Waals surface area contributed by atoms with Gasteiger partial charge in [0.15, 0.2) is 0 Å². The molecule has 0 saturated carbocycles. The number of hydrogen-bond acceptors (Lipinski definition) is 4. The molecule has 2 rings (SSSR count). The lowest BCUT2D eigenvalue weighted by molar-refractivity contribution is 0.564. The fraction of sp³-hybridized carbons (Fsp3) is 0.364. The Labute approximate surface area is 93.8 Å². The highest BCUT2D eigenvalue weighted by Crippen LogP contribution is 2.09. The second-order valence-electron chi connectivity index (χ2n) is 3.87. The molecule has 0 saturated heterocycles. The summed E-state index contributed by atoms with van der Waals surface area (Å²) >= 11 is 0. The van der Waals surface area contributed by atoms with Crippen LogP contribution in [0, 0.1) is 0 Å². The molecule has 1 aliphatic heterocycles. The Morgan fingerprint density at radius 2 is 2.25 bits per heavy atom. The lowest BCUT2D eigenvalue weighted by atomic mass is 10.4. The standard InChI is InChI=1S/C11H14N4O/c1-9(2)15-7-4-10(13-11(15)16)14-6-3-5-12-8-14/h3-5,7-9H,6H2,1-2H3. The first-order chi connectivity index (χ1) is 7.68. The number of rotatable bonds is 2. The SMILES string of the molecule is CC(C)n1ccc(N2C=NC=CC2)nc1=O. The van der Waals surface area contributed by atoms with Gasteiger partial charge in [-0.05, 0) is 26.0 Å². The van der Waals surface area contributed by atoms with Crippen molar-refractivity contribution in [2.45, 2.75) is 19.9 Å². The van der Waals surface area contributed by atoms with E-state index in [0.29, 0.717) is 12.4 Å². The molecule has 0 bridgehead atoms. The summed E-state index contributed by atoms with van der Waals surface area (Å²) in [6.45, 7) is 4.60. The number of aromatic nitrogens is 2. The Morgan fingerprint density at radius 1 is 1.44 bits per heavy atom. The first kappa shape index (κ1) is 10.6. The van der Waals surface area contributed by atoms with Crippen LogP contribution in [0.4, 0.5) is 5.82 Å². The van der Waals surface area contributed by atoms with Gasteiger partial charge in [0.25, 0.3) is 0 Å². The molecule has 0 aromatic carbocycles. The molecular weight excluding hydrogens is 204 g/mol. The van der Waals surface area contributed by atoms with Crippen LogP contribution < -0.4 is 10.6 Å². The minimum Gasteiger partial charge on any atom is -0.313 e. The van der Waals surface area contributed by atoms with E-state index >= 15 is 0 Å². The zero-order valence-electron chi connectivity index (χ0n) is 9.37. The van der Waals surface area contributed by atoms with Crippen LogP contribution in [0.3, 0.4) is 0 Å². The van der Waals surface area contributed by atoms with E-state index in [-0.39, 0.29) is 11.7 Å². The molecule has 0 unspecified atom stereocenters. The van der Waals surface area contributed by atoms with Gasteiger partial charge in [0, 0.05) is 25.0 Å². The lowest BCUT2D eigenvalue weighted by Gasteiger charge is -2.18. The van der Waals surface area contributed by atoms with Crippen molar-refractivity contribution in [3.63, 3.8) is 0 Å². The molecule has 1 aliphatic rings. The van der Waals surface area contributed by atoms with Gasteiger partial charge in [-0.3, -0.25) is 4.57 Å². The van der Waals surface area contributed by atoms with E-state index in [4.69, 9.17) is 0 Å². The van der Waals surface area contributed by atoms with Crippen LogP contribution in [0.25, 0.3) is 0 Å². The third kappa shape index (κ3) is 2.03. The Bertz CT molecular complexity index is 487. The lowest BCUT2D eigenvalue weighted by Crippen LogP contribution is -2.30. The third-order valence-corrected chi connectivity index (χ3v) is 2.37. The summed E-state index contributed by atoms with van der Waals surface area (Å²) in [6.07, 6.45) is 7.07. The van der Waals surface area contributed by atoms with Gasteiger partial charge in [-0.1, -0.05) is 0 Å². The quantitative estimate of drug-likeness (QED) is 0.749. The number of nitrogens with zero attached hydrogens (tertiary/aromatic N) is 4. The summed E-state index contributed by atoms with van der Waals surface area (Å²) in [7, 11) is 0. The highest BCUT2D eigenvalue weighted by molar-refractivity contribution is 5.78. The molecule has 2 heterocycles. The minimum absolute atomic E-state index is 0.129. The molecule has 0 radical (unpaired) electrons. The van der Waals surface area contributed by atoms with Crippen molar-refractivity contribution in [2.75, 3.05) is 11.4 Å². The van der Waals surface area contributed by atoms with Gasteiger partial charge in [0.2, 0.25) is 0 Å². The van der Waals surface area contributed by atoms with Gasteiger partial charge >= 0.3 is 5.69 Å². The first-order valence-electron chi connectivity index (χ1n) is 5.22. The Balaban J connectivity index is 2.31. The normalized spacial score (nSPS) is 14.8. The largest absolute Gasteiger partial charge is 0.349 e. The molecular formula is C11H14N4O.